The van der Waals surface area contributed by atoms with Gasteiger partial charge in [0.15, 0.2) is 5.01 Å². The van der Waals surface area contributed by atoms with Crippen LogP contribution in [-0.4, -0.2) is 25.2 Å². The summed E-state index contributed by atoms with van der Waals surface area (Å²) in [5.41, 5.74) is 8.96. The van der Waals surface area contributed by atoms with Gasteiger partial charge in [-0.1, -0.05) is 90.2 Å². The van der Waals surface area contributed by atoms with Gasteiger partial charge in [-0.15, -0.1) is 10.2 Å². The molecule has 4 aromatic carbocycles. The molecule has 0 aliphatic heterocycles. The summed E-state index contributed by atoms with van der Waals surface area (Å²) in [4.78, 5) is 8.97. The van der Waals surface area contributed by atoms with Gasteiger partial charge in [0.05, 0.1) is 27.9 Å². The second-order valence-electron chi connectivity index (χ2n) is 11.9. The van der Waals surface area contributed by atoms with Crippen molar-refractivity contribution in [3.63, 3.8) is 0 Å². The number of thioether (sulfide) groups is 1. The average molecular weight is 770 g/mol. The molecular formula is C40H27F6N6S2+. The molecule has 3 aromatic heterocycles. The molecule has 54 heavy (non-hydrogen) atoms. The minimum Gasteiger partial charge on any atom is -0.315 e. The van der Waals surface area contributed by atoms with E-state index in [0.717, 1.165) is 35.0 Å². The van der Waals surface area contributed by atoms with Crippen LogP contribution in [0.15, 0.2) is 133 Å². The molecule has 0 saturated heterocycles. The Kier molecular flexibility index (Phi) is 10.2. The zero-order valence-corrected chi connectivity index (χ0v) is 29.4. The molecule has 7 aromatic rings. The fourth-order valence-electron chi connectivity index (χ4n) is 5.78. The molecule has 4 N–H and O–H groups in total. The second-order valence-corrected chi connectivity index (χ2v) is 14.1. The first-order valence-electron chi connectivity index (χ1n) is 16.2. The van der Waals surface area contributed by atoms with Crippen molar-refractivity contribution in [1.82, 2.24) is 20.2 Å². The summed E-state index contributed by atoms with van der Waals surface area (Å²) in [5, 5.41) is 15.6. The molecular weight excluding hydrogens is 743 g/mol. The number of rotatable bonds is 8. The van der Waals surface area contributed by atoms with E-state index in [4.69, 9.17) is 11.1 Å². The summed E-state index contributed by atoms with van der Waals surface area (Å²) >= 11 is 2.31. The van der Waals surface area contributed by atoms with Crippen LogP contribution in [0.3, 0.4) is 0 Å². The van der Waals surface area contributed by atoms with Gasteiger partial charge in [-0.05, 0) is 83.0 Å². The maximum Gasteiger partial charge on any atom is 0.417 e. The van der Waals surface area contributed by atoms with E-state index in [1.54, 1.807) is 24.3 Å². The fraction of sp³-hybridized carbons (Fsp3) is 0.0750. The Morgan fingerprint density at radius 1 is 0.574 bits per heavy atom. The standard InChI is InChI=1S/C40H26F6N6S2/c41-39(42,43)29-14-6-4-12-27(29)31-16-8-18-33(49-31)36(48)53-35(47)25-20-24(23-10-2-1-3-11-23)21-26(22-25)37-51-52-38(54-37)34-19-9-17-32(50-34)28-13-5-7-15-30(28)40(44,45)46/h1-22,35,48H,47H2/p+1. The Labute approximate surface area is 313 Å². The Balaban J connectivity index is 1.20. The van der Waals surface area contributed by atoms with Gasteiger partial charge in [0.1, 0.15) is 16.4 Å². The third-order valence-corrected chi connectivity index (χ3v) is 10.3. The van der Waals surface area contributed by atoms with Crippen molar-refractivity contribution in [1.29, 1.82) is 0 Å². The summed E-state index contributed by atoms with van der Waals surface area (Å²) in [6, 6.07) is 35.2. The van der Waals surface area contributed by atoms with Crippen LogP contribution in [0.5, 0.6) is 0 Å². The lowest BCUT2D eigenvalue weighted by atomic mass is 10.00. The Bertz CT molecular complexity index is 2460. The van der Waals surface area contributed by atoms with Crippen molar-refractivity contribution in [2.75, 3.05) is 0 Å². The number of alkyl halides is 6. The van der Waals surface area contributed by atoms with Crippen LogP contribution >= 0.6 is 23.1 Å². The second kappa shape index (κ2) is 15.0. The first kappa shape index (κ1) is 36.6. The zero-order valence-electron chi connectivity index (χ0n) is 27.8. The largest absolute Gasteiger partial charge is 0.417 e. The predicted molar refractivity (Wildman–Crippen MR) is 200 cm³/mol. The number of benzene rings is 4. The van der Waals surface area contributed by atoms with Crippen LogP contribution in [0.2, 0.25) is 0 Å². The molecule has 0 bridgehead atoms. The molecule has 0 saturated carbocycles. The van der Waals surface area contributed by atoms with Crippen LogP contribution in [0, 0.1) is 0 Å². The van der Waals surface area contributed by atoms with Crippen molar-refractivity contribution in [3.8, 4) is 54.9 Å². The topological polar surface area (TPSA) is 103 Å². The van der Waals surface area contributed by atoms with Gasteiger partial charge in [0, 0.05) is 16.7 Å². The summed E-state index contributed by atoms with van der Waals surface area (Å²) < 4.78 is 82.6. The highest BCUT2D eigenvalue weighted by Crippen LogP contribution is 2.40. The highest BCUT2D eigenvalue weighted by Gasteiger charge is 2.35. The van der Waals surface area contributed by atoms with Crippen molar-refractivity contribution in [3.05, 3.63) is 156 Å². The van der Waals surface area contributed by atoms with Crippen LogP contribution in [0.25, 0.3) is 54.9 Å². The Hall–Kier alpha value is -5.70. The number of hydrogen-bond acceptors (Lipinski definition) is 7. The van der Waals surface area contributed by atoms with Crippen LogP contribution < -0.4 is 11.1 Å². The molecule has 0 spiro atoms. The number of hydrogen-bond donors (Lipinski definition) is 2. The smallest absolute Gasteiger partial charge is 0.315 e. The van der Waals surface area contributed by atoms with Crippen LogP contribution in [0.4, 0.5) is 26.3 Å². The molecule has 7 rings (SSSR count). The molecule has 14 heteroatoms. The van der Waals surface area contributed by atoms with E-state index in [1.807, 2.05) is 48.5 Å². The van der Waals surface area contributed by atoms with E-state index < -0.39 is 28.9 Å². The fourth-order valence-corrected chi connectivity index (χ4v) is 7.36. The summed E-state index contributed by atoms with van der Waals surface area (Å²) in [5.74, 6) is 0. The van der Waals surface area contributed by atoms with E-state index in [2.05, 4.69) is 20.2 Å². The van der Waals surface area contributed by atoms with Gasteiger partial charge in [-0.3, -0.25) is 0 Å². The number of halogens is 6. The lowest BCUT2D eigenvalue weighted by Crippen LogP contribution is -2.39. The van der Waals surface area contributed by atoms with Crippen molar-refractivity contribution in [2.24, 2.45) is 5.73 Å². The number of pyridine rings is 2. The normalized spacial score (nSPS) is 12.4. The minimum absolute atomic E-state index is 0.0487. The lowest BCUT2D eigenvalue weighted by molar-refractivity contribution is -0.137. The summed E-state index contributed by atoms with van der Waals surface area (Å²) in [6.07, 6.45) is -9.13. The quantitative estimate of drug-likeness (QED) is 0.0691. The SMILES string of the molecule is NC(SC(=[NH2+])c1cccc(-c2ccccc2C(F)(F)F)n1)c1cc(-c2ccccc2)cc(-c2nnc(-c3cccc(-c4ccccc4C(F)(F)F)n3)s2)c1. The van der Waals surface area contributed by atoms with Gasteiger partial charge in [-0.25, -0.2) is 15.4 Å². The van der Waals surface area contributed by atoms with Crippen LogP contribution in [-0.2, 0) is 12.4 Å². The maximum atomic E-state index is 13.8. The van der Waals surface area contributed by atoms with Gasteiger partial charge >= 0.3 is 12.4 Å². The lowest BCUT2D eigenvalue weighted by Gasteiger charge is -2.15. The van der Waals surface area contributed by atoms with Gasteiger partial charge in [0.25, 0.3) is 5.04 Å². The van der Waals surface area contributed by atoms with E-state index in [1.165, 1.54) is 59.9 Å². The van der Waals surface area contributed by atoms with Crippen LogP contribution in [0.1, 0.15) is 27.8 Å². The predicted octanol–water partition coefficient (Wildman–Crippen LogP) is 9.60. The van der Waals surface area contributed by atoms with Crippen molar-refractivity contribution in [2.45, 2.75) is 17.7 Å². The molecule has 0 aliphatic rings. The molecule has 0 radical (unpaired) electrons. The zero-order chi connectivity index (χ0) is 38.0. The van der Waals surface area contributed by atoms with E-state index in [-0.39, 0.29) is 33.3 Å². The van der Waals surface area contributed by atoms with Crippen molar-refractivity contribution >= 4 is 28.1 Å². The first-order chi connectivity index (χ1) is 25.8. The minimum atomic E-state index is -4.57. The molecule has 0 amide bonds. The molecule has 1 unspecified atom stereocenters. The van der Waals surface area contributed by atoms with E-state index >= 15 is 0 Å². The van der Waals surface area contributed by atoms with E-state index in [0.29, 0.717) is 26.8 Å². The Morgan fingerprint density at radius 3 is 1.76 bits per heavy atom. The highest BCUT2D eigenvalue weighted by molar-refractivity contribution is 8.14. The highest BCUT2D eigenvalue weighted by atomic mass is 32.2. The number of aromatic nitrogens is 4. The number of nitrogens with two attached hydrogens (primary N) is 2. The first-order valence-corrected chi connectivity index (χ1v) is 17.9. The Morgan fingerprint density at radius 2 is 1.11 bits per heavy atom. The molecule has 1 atom stereocenters. The third kappa shape index (κ3) is 7.95. The third-order valence-electron chi connectivity index (χ3n) is 8.30. The monoisotopic (exact) mass is 769 g/mol. The van der Waals surface area contributed by atoms with E-state index in [9.17, 15) is 26.3 Å². The summed E-state index contributed by atoms with van der Waals surface area (Å²) in [6.45, 7) is 0. The van der Waals surface area contributed by atoms with Gasteiger partial charge < -0.3 is 5.73 Å². The van der Waals surface area contributed by atoms with Crippen molar-refractivity contribution < 1.29 is 31.8 Å². The number of nitrogens with zero attached hydrogens (tertiary/aromatic N) is 4. The molecule has 270 valence electrons. The molecule has 3 heterocycles. The average Bonchev–Trinajstić information content (AvgIpc) is 3.68. The summed E-state index contributed by atoms with van der Waals surface area (Å²) in [7, 11) is 0. The molecule has 0 fully saturated rings. The maximum absolute atomic E-state index is 13.8. The van der Waals surface area contributed by atoms with Gasteiger partial charge in [-0.2, -0.15) is 26.3 Å². The molecule has 0 aliphatic carbocycles. The molecule has 6 nitrogen and oxygen atoms in total. The van der Waals surface area contributed by atoms with Gasteiger partial charge in [0.2, 0.25) is 0 Å².